The molecule has 0 spiro atoms. The molecule has 3 aromatic rings. The summed E-state index contributed by atoms with van der Waals surface area (Å²) in [6, 6.07) is 9.95. The summed E-state index contributed by atoms with van der Waals surface area (Å²) in [5.74, 6) is 6.83. The molecule has 3 aliphatic heterocycles. The number of imide groups is 1. The van der Waals surface area contributed by atoms with Crippen molar-refractivity contribution in [1.82, 2.24) is 30.8 Å². The van der Waals surface area contributed by atoms with Gasteiger partial charge >= 0.3 is 0 Å². The van der Waals surface area contributed by atoms with Gasteiger partial charge in [0.05, 0.1) is 38.8 Å². The van der Waals surface area contributed by atoms with E-state index in [2.05, 4.69) is 43.0 Å². The Bertz CT molecular complexity index is 2240. The van der Waals surface area contributed by atoms with Gasteiger partial charge in [0.1, 0.15) is 23.5 Å². The number of nitrogens with zero attached hydrogens (tertiary/aromatic N) is 5. The minimum atomic E-state index is -0.654. The number of hydrogen-bond acceptors (Lipinski definition) is 13. The summed E-state index contributed by atoms with van der Waals surface area (Å²) in [4.78, 5) is 78.0. The number of rotatable bonds is 19. The number of anilines is 4. The van der Waals surface area contributed by atoms with E-state index in [1.165, 1.54) is 4.90 Å². The summed E-state index contributed by atoms with van der Waals surface area (Å²) in [6.45, 7) is 6.00. The predicted molar refractivity (Wildman–Crippen MR) is 236 cm³/mol. The standard InChI is InChI=1S/C46H57N9O8/c1-4-36-45(60)53(2)38-28-49-46(52-41(38)55(36)32-13-5-6-14-32)50-35-17-16-31(27-39(35)61-3)42(57)48-21-10-23-62-25-26-63-24-22-47-20-8-7-11-30-12-9-15-33-34(30)29-54(44(33)59)37-18-19-40(56)51-43(37)58/h9,12,15-17,27-28,32,36-37,47H,4-6,8,10,13-14,18-26,29H2,1-3H3,(H,48,57)(H,49,50,52)(H,51,56,58)/t36-,37?/m1/s1. The van der Waals surface area contributed by atoms with E-state index < -0.39 is 11.9 Å². The van der Waals surface area contributed by atoms with Crippen molar-refractivity contribution in [2.45, 2.75) is 89.4 Å². The lowest BCUT2D eigenvalue weighted by atomic mass is 10.0. The summed E-state index contributed by atoms with van der Waals surface area (Å²) < 4.78 is 17.0. The molecule has 17 nitrogen and oxygen atoms in total. The highest BCUT2D eigenvalue weighted by Gasteiger charge is 2.42. The summed E-state index contributed by atoms with van der Waals surface area (Å²) in [7, 11) is 3.32. The van der Waals surface area contributed by atoms with Crippen LogP contribution < -0.4 is 35.8 Å². The Balaban J connectivity index is 0.759. The van der Waals surface area contributed by atoms with Crippen LogP contribution in [0, 0.1) is 11.8 Å². The van der Waals surface area contributed by atoms with Crippen molar-refractivity contribution < 1.29 is 38.2 Å². The predicted octanol–water partition coefficient (Wildman–Crippen LogP) is 3.68. The normalized spacial score (nSPS) is 18.5. The molecule has 1 saturated heterocycles. The average Bonchev–Trinajstić information content (AvgIpc) is 3.94. The second-order valence-corrected chi connectivity index (χ2v) is 16.0. The number of carbonyl (C=O) groups is 5. The molecule has 0 radical (unpaired) electrons. The number of ether oxygens (including phenoxy) is 3. The molecule has 1 aliphatic carbocycles. The number of nitrogens with one attached hydrogen (secondary N) is 4. The van der Waals surface area contributed by atoms with Crippen LogP contribution in [-0.2, 0) is 30.4 Å². The molecule has 5 amide bonds. The highest BCUT2D eigenvalue weighted by molar-refractivity contribution is 6.06. The van der Waals surface area contributed by atoms with Gasteiger partial charge in [-0.05, 0) is 68.0 Å². The number of benzene rings is 2. The van der Waals surface area contributed by atoms with E-state index in [0.717, 1.165) is 42.6 Å². The van der Waals surface area contributed by atoms with E-state index in [9.17, 15) is 24.0 Å². The van der Waals surface area contributed by atoms with Crippen LogP contribution in [0.4, 0.5) is 23.1 Å². The maximum atomic E-state index is 13.2. The molecule has 1 unspecified atom stereocenters. The first-order chi connectivity index (χ1) is 30.7. The Labute approximate surface area is 368 Å². The van der Waals surface area contributed by atoms with Crippen LogP contribution in [-0.4, -0.2) is 123 Å². The second-order valence-electron chi connectivity index (χ2n) is 16.0. The van der Waals surface area contributed by atoms with E-state index >= 15 is 0 Å². The molecule has 1 saturated carbocycles. The number of methoxy groups -OCH3 is 1. The first-order valence-electron chi connectivity index (χ1n) is 22.0. The first-order valence-corrected chi connectivity index (χ1v) is 22.0. The zero-order chi connectivity index (χ0) is 44.3. The van der Waals surface area contributed by atoms with E-state index in [4.69, 9.17) is 19.2 Å². The number of likely N-dealkylation sites (N-methyl/N-ethyl adjacent to an activating group) is 1. The quantitative estimate of drug-likeness (QED) is 0.0775. The fourth-order valence-electron chi connectivity index (χ4n) is 8.58. The van der Waals surface area contributed by atoms with Crippen LogP contribution in [0.1, 0.15) is 96.6 Å². The van der Waals surface area contributed by atoms with Gasteiger partial charge in [-0.25, -0.2) is 4.98 Å². The van der Waals surface area contributed by atoms with Gasteiger partial charge in [0.2, 0.25) is 23.7 Å². The molecule has 2 aromatic carbocycles. The molecule has 4 N–H and O–H groups in total. The number of hydrogen-bond donors (Lipinski definition) is 4. The van der Waals surface area contributed by atoms with Gasteiger partial charge in [0.15, 0.2) is 5.82 Å². The van der Waals surface area contributed by atoms with Gasteiger partial charge < -0.3 is 44.9 Å². The van der Waals surface area contributed by atoms with Gasteiger partial charge in [0, 0.05) is 75.4 Å². The summed E-state index contributed by atoms with van der Waals surface area (Å²) in [5.41, 5.74) is 3.89. The van der Waals surface area contributed by atoms with Gasteiger partial charge in [-0.1, -0.05) is 37.7 Å². The fourth-order valence-corrected chi connectivity index (χ4v) is 8.58. The largest absolute Gasteiger partial charge is 0.495 e. The van der Waals surface area contributed by atoms with Gasteiger partial charge in [-0.3, -0.25) is 29.3 Å². The monoisotopic (exact) mass is 863 g/mol. The van der Waals surface area contributed by atoms with Crippen molar-refractivity contribution >= 4 is 52.7 Å². The molecule has 4 aliphatic rings. The van der Waals surface area contributed by atoms with Crippen molar-refractivity contribution in [2.24, 2.45) is 0 Å². The number of carbonyl (C=O) groups excluding carboxylic acids is 5. The molecule has 1 aromatic heterocycles. The van der Waals surface area contributed by atoms with Crippen LogP contribution in [0.2, 0.25) is 0 Å². The van der Waals surface area contributed by atoms with E-state index in [-0.39, 0.29) is 42.1 Å². The molecule has 0 bridgehead atoms. The van der Waals surface area contributed by atoms with Gasteiger partial charge in [0.25, 0.3) is 11.8 Å². The van der Waals surface area contributed by atoms with Crippen LogP contribution in [0.5, 0.6) is 5.75 Å². The highest BCUT2D eigenvalue weighted by atomic mass is 16.5. The van der Waals surface area contributed by atoms with Crippen molar-refractivity contribution in [3.8, 4) is 17.6 Å². The van der Waals surface area contributed by atoms with Gasteiger partial charge in [-0.2, -0.15) is 4.98 Å². The first kappa shape index (κ1) is 44.9. The van der Waals surface area contributed by atoms with Crippen molar-refractivity contribution in [1.29, 1.82) is 0 Å². The molecule has 63 heavy (non-hydrogen) atoms. The van der Waals surface area contributed by atoms with E-state index in [0.29, 0.717) is 112 Å². The van der Waals surface area contributed by atoms with Gasteiger partial charge in [-0.15, -0.1) is 0 Å². The molecule has 17 heteroatoms. The Hall–Kier alpha value is -6.09. The second kappa shape index (κ2) is 21.3. The molecular weight excluding hydrogens is 807 g/mol. The lowest BCUT2D eigenvalue weighted by Gasteiger charge is -2.43. The van der Waals surface area contributed by atoms with Crippen LogP contribution in [0.25, 0.3) is 0 Å². The zero-order valence-electron chi connectivity index (χ0n) is 36.3. The van der Waals surface area contributed by atoms with Crippen LogP contribution in [0.15, 0.2) is 42.6 Å². The highest BCUT2D eigenvalue weighted by Crippen LogP contribution is 2.40. The lowest BCUT2D eigenvalue weighted by Crippen LogP contribution is -2.55. The molecule has 7 rings (SSSR count). The maximum absolute atomic E-state index is 13.2. The van der Waals surface area contributed by atoms with Crippen LogP contribution in [0.3, 0.4) is 0 Å². The zero-order valence-corrected chi connectivity index (χ0v) is 36.3. The number of amides is 5. The average molecular weight is 864 g/mol. The smallest absolute Gasteiger partial charge is 0.255 e. The molecule has 2 atom stereocenters. The fraction of sp³-hybridized carbons (Fsp3) is 0.500. The summed E-state index contributed by atoms with van der Waals surface area (Å²) in [5, 5.41) is 11.8. The number of fused-ring (bicyclic) bond motifs is 2. The Morgan fingerprint density at radius 2 is 1.79 bits per heavy atom. The third-order valence-corrected chi connectivity index (χ3v) is 11.9. The van der Waals surface area contributed by atoms with E-state index in [1.807, 2.05) is 13.0 Å². The number of piperidine rings is 1. The molecule has 2 fully saturated rings. The SMILES string of the molecule is CC[C@@H]1C(=O)N(C)c2cnc(Nc3ccc(C(=O)NCCCOCCOCCNCCC#Cc4cccc5c4CN(C4CCC(=O)NC4=O)C5=O)cc3OC)nc2N1C1CCCC1. The third kappa shape index (κ3) is 10.6. The number of aromatic nitrogens is 2. The van der Waals surface area contributed by atoms with Crippen molar-refractivity contribution in [3.05, 3.63) is 64.8 Å². The molecule has 334 valence electrons. The van der Waals surface area contributed by atoms with Crippen molar-refractivity contribution in [2.75, 3.05) is 75.3 Å². The topological polar surface area (TPSA) is 197 Å². The van der Waals surface area contributed by atoms with E-state index in [1.54, 1.807) is 55.6 Å². The molecular formula is C46H57N9O8. The minimum Gasteiger partial charge on any atom is -0.495 e. The third-order valence-electron chi connectivity index (χ3n) is 11.9. The van der Waals surface area contributed by atoms with Crippen molar-refractivity contribution in [3.63, 3.8) is 0 Å². The summed E-state index contributed by atoms with van der Waals surface area (Å²) in [6.07, 6.45) is 8.50. The lowest BCUT2D eigenvalue weighted by molar-refractivity contribution is -0.137. The minimum absolute atomic E-state index is 0.0618. The molecule has 4 heterocycles. The maximum Gasteiger partial charge on any atom is 0.255 e. The van der Waals surface area contributed by atoms with Crippen LogP contribution >= 0.6 is 0 Å². The Morgan fingerprint density at radius 1 is 0.984 bits per heavy atom. The Kier molecular flexibility index (Phi) is 15.2. The Morgan fingerprint density at radius 3 is 2.57 bits per heavy atom. The summed E-state index contributed by atoms with van der Waals surface area (Å²) >= 11 is 0.